The number of phosphoric ester groups is 1. The fourth-order valence-electron chi connectivity index (χ4n) is 10.6. The average Bonchev–Trinajstić information content (AvgIpc) is 3.44. The van der Waals surface area contributed by atoms with Crippen LogP contribution >= 0.6 is 7.82 Å². The molecule has 0 aliphatic carbocycles. The second-order valence-corrected chi connectivity index (χ2v) is 26.9. The van der Waals surface area contributed by atoms with E-state index < -0.39 is 20.0 Å². The number of unbranched alkanes of at least 4 members (excludes halogenated alkanes) is 45. The Bertz CT molecular complexity index is 1480. The third kappa shape index (κ3) is 62.6. The average molecular weight is 1160 g/mol. The summed E-state index contributed by atoms with van der Waals surface area (Å²) >= 11 is 0. The van der Waals surface area contributed by atoms with Crippen LogP contribution < -0.4 is 5.32 Å². The lowest BCUT2D eigenvalue weighted by atomic mass is 10.0. The number of carbonyl (C=O) groups is 2. The molecule has 1 amide bonds. The molecular formula is C71H138N2O7P+. The van der Waals surface area contributed by atoms with Crippen molar-refractivity contribution in [2.24, 2.45) is 0 Å². The molecule has 0 fully saturated rings. The van der Waals surface area contributed by atoms with Crippen LogP contribution in [0, 0.1) is 0 Å². The maximum absolute atomic E-state index is 13.6. The van der Waals surface area contributed by atoms with Crippen LogP contribution in [0.1, 0.15) is 355 Å². The van der Waals surface area contributed by atoms with Gasteiger partial charge in [-0.15, -0.1) is 0 Å². The number of hydrogen-bond donors (Lipinski definition) is 2. The van der Waals surface area contributed by atoms with E-state index in [-0.39, 0.29) is 25.1 Å². The first-order valence-corrected chi connectivity index (χ1v) is 36.8. The van der Waals surface area contributed by atoms with Gasteiger partial charge in [0.25, 0.3) is 0 Å². The highest BCUT2D eigenvalue weighted by Gasteiger charge is 2.30. The van der Waals surface area contributed by atoms with E-state index in [0.29, 0.717) is 23.9 Å². The predicted molar refractivity (Wildman–Crippen MR) is 351 cm³/mol. The number of amides is 1. The summed E-state index contributed by atoms with van der Waals surface area (Å²) in [5.41, 5.74) is 0. The fourth-order valence-corrected chi connectivity index (χ4v) is 11.3. The molecule has 0 spiro atoms. The molecule has 0 aromatic rings. The molecule has 0 bridgehead atoms. The monoisotopic (exact) mass is 1160 g/mol. The fraction of sp³-hybridized carbons (Fsp3) is 0.887. The van der Waals surface area contributed by atoms with Crippen molar-refractivity contribution in [3.8, 4) is 0 Å². The summed E-state index contributed by atoms with van der Waals surface area (Å²) in [5.74, 6) is -0.489. The highest BCUT2D eigenvalue weighted by molar-refractivity contribution is 7.47. The van der Waals surface area contributed by atoms with Crippen LogP contribution in [0.2, 0.25) is 0 Å². The molecule has 81 heavy (non-hydrogen) atoms. The molecule has 0 aromatic carbocycles. The molecular weight excluding hydrogens is 1020 g/mol. The highest BCUT2D eigenvalue weighted by Crippen LogP contribution is 2.43. The summed E-state index contributed by atoms with van der Waals surface area (Å²) in [6.07, 6.45) is 75.8. The Balaban J connectivity index is 5.10. The molecule has 0 saturated heterocycles. The Morgan fingerprint density at radius 3 is 1.05 bits per heavy atom. The molecule has 3 atom stereocenters. The Labute approximate surface area is 504 Å². The van der Waals surface area contributed by atoms with Crippen LogP contribution in [0.25, 0.3) is 0 Å². The summed E-state index contributed by atoms with van der Waals surface area (Å²) in [5, 5.41) is 3.08. The van der Waals surface area contributed by atoms with Gasteiger partial charge in [-0.2, -0.15) is 0 Å². The normalized spacial score (nSPS) is 13.7. The van der Waals surface area contributed by atoms with Gasteiger partial charge in [0.2, 0.25) is 5.91 Å². The van der Waals surface area contributed by atoms with E-state index in [2.05, 4.69) is 50.4 Å². The van der Waals surface area contributed by atoms with Crippen LogP contribution in [-0.4, -0.2) is 74.3 Å². The smallest absolute Gasteiger partial charge is 0.456 e. The Morgan fingerprint density at radius 2 is 0.716 bits per heavy atom. The first-order valence-electron chi connectivity index (χ1n) is 35.3. The van der Waals surface area contributed by atoms with Crippen molar-refractivity contribution < 1.29 is 37.3 Å². The van der Waals surface area contributed by atoms with Crippen molar-refractivity contribution in [2.45, 2.75) is 367 Å². The number of nitrogens with one attached hydrogen (secondary N) is 1. The minimum Gasteiger partial charge on any atom is -0.456 e. The maximum atomic E-state index is 13.6. The van der Waals surface area contributed by atoms with Crippen molar-refractivity contribution in [2.75, 3.05) is 40.9 Å². The zero-order valence-electron chi connectivity index (χ0n) is 54.8. The summed E-state index contributed by atoms with van der Waals surface area (Å²) in [6.45, 7) is 7.06. The van der Waals surface area contributed by atoms with Crippen LogP contribution in [-0.2, 0) is 27.9 Å². The van der Waals surface area contributed by atoms with Gasteiger partial charge in [0.15, 0.2) is 0 Å². The number of ether oxygens (including phenoxy) is 1. The van der Waals surface area contributed by atoms with E-state index >= 15 is 0 Å². The van der Waals surface area contributed by atoms with Gasteiger partial charge >= 0.3 is 13.8 Å². The summed E-state index contributed by atoms with van der Waals surface area (Å²) in [4.78, 5) is 37.9. The van der Waals surface area contributed by atoms with Crippen LogP contribution in [0.3, 0.4) is 0 Å². The molecule has 0 aliphatic heterocycles. The molecule has 0 saturated carbocycles. The van der Waals surface area contributed by atoms with E-state index in [1.54, 1.807) is 0 Å². The van der Waals surface area contributed by atoms with Gasteiger partial charge in [-0.05, 0) is 83.1 Å². The number of phosphoric acid groups is 1. The number of esters is 1. The summed E-state index contributed by atoms with van der Waals surface area (Å²) in [6, 6.07) is -0.847. The molecule has 478 valence electrons. The molecule has 3 unspecified atom stereocenters. The van der Waals surface area contributed by atoms with Crippen LogP contribution in [0.4, 0.5) is 0 Å². The number of allylic oxidation sites excluding steroid dienone is 5. The first-order chi connectivity index (χ1) is 39.4. The lowest BCUT2D eigenvalue weighted by Gasteiger charge is -2.27. The van der Waals surface area contributed by atoms with Crippen molar-refractivity contribution in [1.82, 2.24) is 5.32 Å². The SMILES string of the molecule is CCCCCCCC/C=C/CCCCCCCCCCCCCCCC(=O)NC(COP(=O)(O)OCC[N+](C)(C)C)C(/C=C\CCCCCCCCCCCCC)OC(=O)CCCCCCCCCCC/C=C/CCCCCCCC. The topological polar surface area (TPSA) is 111 Å². The van der Waals surface area contributed by atoms with Crippen molar-refractivity contribution in [1.29, 1.82) is 0 Å². The van der Waals surface area contributed by atoms with Gasteiger partial charge < -0.3 is 19.4 Å². The van der Waals surface area contributed by atoms with E-state index in [1.165, 1.54) is 263 Å². The minimum absolute atomic E-state index is 0.0424. The standard InChI is InChI=1S/C71H137N2O7P/c1-7-10-13-16-19-22-25-28-30-32-34-35-36-37-39-40-42-45-48-51-54-57-60-63-70(74)72-68(67-79-81(76,77)78-66-65-73(4,5)6)69(62-59-56-53-50-47-44-27-24-21-18-15-12-9-3)80-71(75)64-61-58-55-52-49-46-43-41-38-33-31-29-26-23-20-17-14-11-8-2/h28-31,59,62,68-69H,7-27,32-58,60-61,63-67H2,1-6H3,(H-,72,74,76,77)/p+1/b30-28+,31-29+,62-59-. The van der Waals surface area contributed by atoms with Gasteiger partial charge in [-0.1, -0.05) is 295 Å². The van der Waals surface area contributed by atoms with E-state index in [0.717, 1.165) is 57.8 Å². The zero-order valence-corrected chi connectivity index (χ0v) is 55.7. The number of hydrogen-bond acceptors (Lipinski definition) is 6. The quantitative estimate of drug-likeness (QED) is 0.0205. The summed E-state index contributed by atoms with van der Waals surface area (Å²) < 4.78 is 30.8. The van der Waals surface area contributed by atoms with E-state index in [4.69, 9.17) is 13.8 Å². The summed E-state index contributed by atoms with van der Waals surface area (Å²) in [7, 11) is 1.51. The maximum Gasteiger partial charge on any atom is 0.472 e. The molecule has 10 heteroatoms. The number of likely N-dealkylation sites (N-methyl/N-ethyl adjacent to an activating group) is 1. The lowest BCUT2D eigenvalue weighted by molar-refractivity contribution is -0.870. The van der Waals surface area contributed by atoms with E-state index in [1.807, 2.05) is 33.3 Å². The second kappa shape index (κ2) is 61.3. The van der Waals surface area contributed by atoms with Gasteiger partial charge in [-0.3, -0.25) is 18.6 Å². The minimum atomic E-state index is -4.45. The first kappa shape index (κ1) is 79.2. The molecule has 0 radical (unpaired) electrons. The predicted octanol–water partition coefficient (Wildman–Crippen LogP) is 22.2. The number of nitrogens with zero attached hydrogens (tertiary/aromatic N) is 1. The lowest BCUT2D eigenvalue weighted by Crippen LogP contribution is -2.47. The number of quaternary nitrogens is 1. The third-order valence-corrected chi connectivity index (χ3v) is 17.0. The molecule has 0 aromatic heterocycles. The Morgan fingerprint density at radius 1 is 0.420 bits per heavy atom. The molecule has 0 rings (SSSR count). The van der Waals surface area contributed by atoms with Gasteiger partial charge in [0, 0.05) is 12.8 Å². The van der Waals surface area contributed by atoms with Gasteiger partial charge in [0.05, 0.1) is 33.8 Å². The van der Waals surface area contributed by atoms with Crippen molar-refractivity contribution >= 4 is 19.7 Å². The molecule has 0 aliphatic rings. The van der Waals surface area contributed by atoms with Gasteiger partial charge in [0.1, 0.15) is 19.3 Å². The zero-order chi connectivity index (χ0) is 59.3. The van der Waals surface area contributed by atoms with Gasteiger partial charge in [-0.25, -0.2) is 4.57 Å². The van der Waals surface area contributed by atoms with Crippen LogP contribution in [0.5, 0.6) is 0 Å². The second-order valence-electron chi connectivity index (χ2n) is 25.4. The van der Waals surface area contributed by atoms with E-state index in [9.17, 15) is 19.0 Å². The van der Waals surface area contributed by atoms with Crippen LogP contribution in [0.15, 0.2) is 36.5 Å². The number of rotatable bonds is 65. The third-order valence-electron chi connectivity index (χ3n) is 16.1. The Kier molecular flexibility index (Phi) is 60.0. The van der Waals surface area contributed by atoms with Crippen molar-refractivity contribution in [3.63, 3.8) is 0 Å². The Hall–Kier alpha value is -1.77. The highest BCUT2D eigenvalue weighted by atomic mass is 31.2. The molecule has 9 nitrogen and oxygen atoms in total. The largest absolute Gasteiger partial charge is 0.472 e. The molecule has 0 heterocycles. The number of carbonyl (C=O) groups excluding carboxylic acids is 2. The van der Waals surface area contributed by atoms with Crippen molar-refractivity contribution in [3.05, 3.63) is 36.5 Å². The molecule has 2 N–H and O–H groups in total.